The van der Waals surface area contributed by atoms with Crippen LogP contribution in [0.1, 0.15) is 58.8 Å². The summed E-state index contributed by atoms with van der Waals surface area (Å²) in [5.41, 5.74) is 0. The number of likely N-dealkylation sites (tertiary alicyclic amines) is 1. The molecule has 0 bridgehead atoms. The largest absolute Gasteiger partial charge is 0.393 e. The minimum absolute atomic E-state index is 0.0877. The summed E-state index contributed by atoms with van der Waals surface area (Å²) >= 11 is 0. The molecule has 5 heteroatoms. The van der Waals surface area contributed by atoms with Crippen LogP contribution in [0.15, 0.2) is 0 Å². The van der Waals surface area contributed by atoms with Crippen LogP contribution < -0.4 is 10.6 Å². The van der Waals surface area contributed by atoms with Crippen LogP contribution in [0.3, 0.4) is 0 Å². The third-order valence-corrected chi connectivity index (χ3v) is 5.20. The number of carbonyl (C=O) groups excluding carboxylic acids is 1. The Kier molecular flexibility index (Phi) is 6.96. The molecule has 2 aliphatic rings. The molecule has 2 amide bonds. The summed E-state index contributed by atoms with van der Waals surface area (Å²) in [7, 11) is 0. The Labute approximate surface area is 134 Å². The van der Waals surface area contributed by atoms with Gasteiger partial charge in [-0.2, -0.15) is 0 Å². The van der Waals surface area contributed by atoms with Crippen molar-refractivity contribution in [1.29, 1.82) is 0 Å². The predicted molar refractivity (Wildman–Crippen MR) is 88.8 cm³/mol. The van der Waals surface area contributed by atoms with Gasteiger partial charge in [-0.25, -0.2) is 4.79 Å². The third kappa shape index (κ3) is 5.43. The van der Waals surface area contributed by atoms with Gasteiger partial charge >= 0.3 is 6.03 Å². The van der Waals surface area contributed by atoms with Crippen LogP contribution in [0.25, 0.3) is 0 Å². The molecule has 1 saturated carbocycles. The number of hydrogen-bond donors (Lipinski definition) is 3. The zero-order valence-corrected chi connectivity index (χ0v) is 14.2. The van der Waals surface area contributed by atoms with Gasteiger partial charge in [-0.3, -0.25) is 0 Å². The van der Waals surface area contributed by atoms with Gasteiger partial charge in [0.25, 0.3) is 0 Å². The molecule has 1 unspecified atom stereocenters. The Bertz CT molecular complexity index is 335. The van der Waals surface area contributed by atoms with Crippen LogP contribution in [0.2, 0.25) is 0 Å². The second-order valence-corrected chi connectivity index (χ2v) is 7.25. The Morgan fingerprint density at radius 3 is 2.41 bits per heavy atom. The molecule has 5 nitrogen and oxygen atoms in total. The van der Waals surface area contributed by atoms with Crippen molar-refractivity contribution in [2.75, 3.05) is 19.6 Å². The Hall–Kier alpha value is -0.810. The molecule has 22 heavy (non-hydrogen) atoms. The lowest BCUT2D eigenvalue weighted by Crippen LogP contribution is -2.50. The van der Waals surface area contributed by atoms with Crippen molar-refractivity contribution in [2.45, 2.75) is 77.0 Å². The van der Waals surface area contributed by atoms with Crippen LogP contribution in [-0.2, 0) is 0 Å². The molecule has 0 aromatic heterocycles. The Morgan fingerprint density at radius 2 is 1.82 bits per heavy atom. The molecule has 2 fully saturated rings. The summed E-state index contributed by atoms with van der Waals surface area (Å²) in [5, 5.41) is 15.6. The molecule has 2 rings (SSSR count). The van der Waals surface area contributed by atoms with Crippen molar-refractivity contribution in [3.8, 4) is 0 Å². The van der Waals surface area contributed by atoms with E-state index in [0.717, 1.165) is 32.0 Å². The van der Waals surface area contributed by atoms with E-state index in [1.807, 2.05) is 13.8 Å². The zero-order valence-electron chi connectivity index (χ0n) is 14.2. The lowest BCUT2D eigenvalue weighted by Gasteiger charge is -2.36. The summed E-state index contributed by atoms with van der Waals surface area (Å²) in [6.45, 7) is 6.74. The number of aliphatic hydroxyl groups excluding tert-OH is 1. The first kappa shape index (κ1) is 17.5. The molecular formula is C17H33N3O2. The van der Waals surface area contributed by atoms with Gasteiger partial charge in [-0.05, 0) is 38.0 Å². The SMILES string of the molecule is CC(C)C(O)CCNC(=O)NC1CCN(C2CCCC2)CC1. The maximum atomic E-state index is 11.9. The van der Waals surface area contributed by atoms with Crippen LogP contribution in [0.5, 0.6) is 0 Å². The lowest BCUT2D eigenvalue weighted by atomic mass is 10.0. The maximum Gasteiger partial charge on any atom is 0.315 e. The van der Waals surface area contributed by atoms with Crippen LogP contribution in [-0.4, -0.2) is 53.9 Å². The van der Waals surface area contributed by atoms with E-state index < -0.39 is 0 Å². The third-order valence-electron chi connectivity index (χ3n) is 5.20. The first-order valence-electron chi connectivity index (χ1n) is 9.02. The first-order valence-corrected chi connectivity index (χ1v) is 9.02. The number of urea groups is 1. The van der Waals surface area contributed by atoms with Crippen molar-refractivity contribution < 1.29 is 9.90 Å². The molecule has 0 aromatic rings. The average Bonchev–Trinajstić information content (AvgIpc) is 3.02. The molecule has 1 aliphatic heterocycles. The molecule has 0 radical (unpaired) electrons. The minimum Gasteiger partial charge on any atom is -0.393 e. The number of aliphatic hydroxyl groups is 1. The number of nitrogens with zero attached hydrogens (tertiary/aromatic N) is 1. The van der Waals surface area contributed by atoms with Crippen LogP contribution in [0.4, 0.5) is 4.79 Å². The van der Waals surface area contributed by atoms with Gasteiger partial charge in [0, 0.05) is 31.7 Å². The highest BCUT2D eigenvalue weighted by molar-refractivity contribution is 5.74. The van der Waals surface area contributed by atoms with Gasteiger partial charge in [0.2, 0.25) is 0 Å². The second kappa shape index (κ2) is 8.73. The minimum atomic E-state index is -0.338. The Morgan fingerprint density at radius 1 is 1.18 bits per heavy atom. The monoisotopic (exact) mass is 311 g/mol. The molecule has 3 N–H and O–H groups in total. The van der Waals surface area contributed by atoms with E-state index in [-0.39, 0.29) is 18.1 Å². The van der Waals surface area contributed by atoms with Gasteiger partial charge in [0.15, 0.2) is 0 Å². The van der Waals surface area contributed by atoms with Gasteiger partial charge in [-0.15, -0.1) is 0 Å². The molecular weight excluding hydrogens is 278 g/mol. The second-order valence-electron chi connectivity index (χ2n) is 7.25. The maximum absolute atomic E-state index is 11.9. The van der Waals surface area contributed by atoms with Crippen molar-refractivity contribution in [1.82, 2.24) is 15.5 Å². The molecule has 1 saturated heterocycles. The molecule has 1 atom stereocenters. The van der Waals surface area contributed by atoms with E-state index in [2.05, 4.69) is 15.5 Å². The predicted octanol–water partition coefficient (Wildman–Crippen LogP) is 2.10. The number of rotatable bonds is 6. The first-order chi connectivity index (χ1) is 10.6. The normalized spacial score (nSPS) is 22.9. The highest BCUT2D eigenvalue weighted by Crippen LogP contribution is 2.26. The molecule has 1 heterocycles. The van der Waals surface area contributed by atoms with Crippen molar-refractivity contribution in [3.05, 3.63) is 0 Å². The van der Waals surface area contributed by atoms with E-state index in [1.165, 1.54) is 25.7 Å². The van der Waals surface area contributed by atoms with E-state index in [4.69, 9.17) is 0 Å². The number of hydrogen-bond acceptors (Lipinski definition) is 3. The van der Waals surface area contributed by atoms with E-state index in [0.29, 0.717) is 19.0 Å². The summed E-state index contributed by atoms with van der Waals surface area (Å²) in [6.07, 6.45) is 7.87. The highest BCUT2D eigenvalue weighted by atomic mass is 16.3. The summed E-state index contributed by atoms with van der Waals surface area (Å²) < 4.78 is 0. The van der Waals surface area contributed by atoms with Crippen molar-refractivity contribution in [2.24, 2.45) is 5.92 Å². The molecule has 0 spiro atoms. The molecule has 128 valence electrons. The summed E-state index contributed by atoms with van der Waals surface area (Å²) in [6, 6.07) is 1.01. The fourth-order valence-electron chi connectivity index (χ4n) is 3.58. The number of nitrogens with one attached hydrogen (secondary N) is 2. The summed E-state index contributed by atoms with van der Waals surface area (Å²) in [4.78, 5) is 14.5. The topological polar surface area (TPSA) is 64.6 Å². The molecule has 1 aliphatic carbocycles. The van der Waals surface area contributed by atoms with Gasteiger partial charge in [-0.1, -0.05) is 26.7 Å². The fraction of sp³-hybridized carbons (Fsp3) is 0.941. The van der Waals surface area contributed by atoms with Crippen molar-refractivity contribution in [3.63, 3.8) is 0 Å². The number of carbonyl (C=O) groups is 1. The van der Waals surface area contributed by atoms with Gasteiger partial charge < -0.3 is 20.6 Å². The van der Waals surface area contributed by atoms with E-state index >= 15 is 0 Å². The number of piperidine rings is 1. The van der Waals surface area contributed by atoms with Crippen LogP contribution >= 0.6 is 0 Å². The fourth-order valence-corrected chi connectivity index (χ4v) is 3.58. The lowest BCUT2D eigenvalue weighted by molar-refractivity contribution is 0.116. The van der Waals surface area contributed by atoms with Crippen LogP contribution in [0, 0.1) is 5.92 Å². The standard InChI is InChI=1S/C17H33N3O2/c1-13(2)16(21)7-10-18-17(22)19-14-8-11-20(12-9-14)15-5-3-4-6-15/h13-16,21H,3-12H2,1-2H3,(H2,18,19,22). The molecule has 0 aromatic carbocycles. The smallest absolute Gasteiger partial charge is 0.315 e. The number of amides is 2. The highest BCUT2D eigenvalue weighted by Gasteiger charge is 2.27. The zero-order chi connectivity index (χ0) is 15.9. The summed E-state index contributed by atoms with van der Waals surface area (Å²) in [5.74, 6) is 0.241. The van der Waals surface area contributed by atoms with Gasteiger partial charge in [0.1, 0.15) is 0 Å². The van der Waals surface area contributed by atoms with Gasteiger partial charge in [0.05, 0.1) is 6.10 Å². The van der Waals surface area contributed by atoms with E-state index in [9.17, 15) is 9.90 Å². The average molecular weight is 311 g/mol. The Balaban J connectivity index is 1.58. The van der Waals surface area contributed by atoms with Crippen molar-refractivity contribution >= 4 is 6.03 Å². The quantitative estimate of drug-likeness (QED) is 0.704. The van der Waals surface area contributed by atoms with E-state index in [1.54, 1.807) is 0 Å².